The van der Waals surface area contributed by atoms with Crippen LogP contribution in [0.3, 0.4) is 0 Å². The van der Waals surface area contributed by atoms with Crippen LogP contribution in [0.1, 0.15) is 38.3 Å². The number of sulfonamides is 1. The van der Waals surface area contributed by atoms with Crippen LogP contribution >= 0.6 is 23.2 Å². The van der Waals surface area contributed by atoms with Crippen molar-refractivity contribution < 1.29 is 18.0 Å². The molecule has 0 unspecified atom stereocenters. The second-order valence-corrected chi connectivity index (χ2v) is 12.1. The predicted molar refractivity (Wildman–Crippen MR) is 157 cm³/mol. The molecule has 0 saturated heterocycles. The summed E-state index contributed by atoms with van der Waals surface area (Å²) in [5, 5.41) is 3.66. The second-order valence-electron chi connectivity index (χ2n) is 9.41. The van der Waals surface area contributed by atoms with Crippen LogP contribution in [0.4, 0.5) is 5.69 Å². The Morgan fingerprint density at radius 3 is 2.23 bits per heavy atom. The Morgan fingerprint density at radius 1 is 0.949 bits per heavy atom. The maximum atomic E-state index is 13.9. The third-order valence-electron chi connectivity index (χ3n) is 6.45. The molecule has 0 fully saturated rings. The highest BCUT2D eigenvalue weighted by atomic mass is 35.5. The SMILES string of the molecule is CC[C@H](C)NC(=O)[C@H](C)N(Cc1ccccc1Cl)C(=O)CN(c1cccc(Cl)c1)S(=O)(=O)c1ccc(C)cc1. The number of halogens is 2. The van der Waals surface area contributed by atoms with Gasteiger partial charge in [0.15, 0.2) is 0 Å². The van der Waals surface area contributed by atoms with Gasteiger partial charge in [-0.3, -0.25) is 13.9 Å². The second kappa shape index (κ2) is 13.3. The quantitative estimate of drug-likeness (QED) is 0.305. The maximum absolute atomic E-state index is 13.9. The fraction of sp³-hybridized carbons (Fsp3) is 0.310. The summed E-state index contributed by atoms with van der Waals surface area (Å²) in [6.45, 7) is 6.75. The number of carbonyl (C=O) groups is 2. The summed E-state index contributed by atoms with van der Waals surface area (Å²) in [5.74, 6) is -0.919. The van der Waals surface area contributed by atoms with Crippen LogP contribution in [0, 0.1) is 6.92 Å². The molecule has 0 aliphatic carbocycles. The van der Waals surface area contributed by atoms with Crippen LogP contribution in [0.2, 0.25) is 10.0 Å². The van der Waals surface area contributed by atoms with Crippen LogP contribution in [0.5, 0.6) is 0 Å². The Bertz CT molecular complexity index is 1410. The lowest BCUT2D eigenvalue weighted by atomic mass is 10.1. The molecule has 2 atom stereocenters. The first-order chi connectivity index (χ1) is 18.4. The molecule has 0 bridgehead atoms. The molecule has 3 aromatic rings. The molecule has 0 radical (unpaired) electrons. The number of nitrogens with zero attached hydrogens (tertiary/aromatic N) is 2. The molecule has 10 heteroatoms. The Balaban J connectivity index is 2.04. The van der Waals surface area contributed by atoms with Gasteiger partial charge in [0.2, 0.25) is 11.8 Å². The summed E-state index contributed by atoms with van der Waals surface area (Å²) >= 11 is 12.6. The number of anilines is 1. The number of hydrogen-bond donors (Lipinski definition) is 1. The maximum Gasteiger partial charge on any atom is 0.264 e. The lowest BCUT2D eigenvalue weighted by Crippen LogP contribution is -2.52. The number of rotatable bonds is 11. The first-order valence-electron chi connectivity index (χ1n) is 12.6. The smallest absolute Gasteiger partial charge is 0.264 e. The van der Waals surface area contributed by atoms with E-state index < -0.39 is 28.5 Å². The molecule has 3 aromatic carbocycles. The number of aryl methyl sites for hydroxylation is 1. The highest BCUT2D eigenvalue weighted by molar-refractivity contribution is 7.92. The zero-order valence-corrected chi connectivity index (χ0v) is 24.7. The average molecular weight is 591 g/mol. The van der Waals surface area contributed by atoms with Crippen molar-refractivity contribution in [3.63, 3.8) is 0 Å². The van der Waals surface area contributed by atoms with Gasteiger partial charge in [-0.2, -0.15) is 0 Å². The molecule has 1 N–H and O–H groups in total. The molecule has 39 heavy (non-hydrogen) atoms. The lowest BCUT2D eigenvalue weighted by molar-refractivity contribution is -0.139. The van der Waals surface area contributed by atoms with Gasteiger partial charge in [0.05, 0.1) is 10.6 Å². The molecule has 3 rings (SSSR count). The van der Waals surface area contributed by atoms with Gasteiger partial charge in [0.25, 0.3) is 10.0 Å². The third-order valence-corrected chi connectivity index (χ3v) is 8.84. The monoisotopic (exact) mass is 589 g/mol. The standard InChI is InChI=1S/C29H33Cl2N3O4S/c1-5-21(3)32-29(36)22(4)33(18-23-9-6-7-12-27(23)31)28(35)19-34(25-11-8-10-24(30)17-25)39(37,38)26-15-13-20(2)14-16-26/h6-17,21-22H,5,18-19H2,1-4H3,(H,32,36)/t21-,22-/m0/s1. The fourth-order valence-electron chi connectivity index (χ4n) is 3.86. The van der Waals surface area contributed by atoms with Crippen molar-refractivity contribution in [2.45, 2.75) is 57.6 Å². The summed E-state index contributed by atoms with van der Waals surface area (Å²) in [4.78, 5) is 28.4. The Morgan fingerprint density at radius 2 is 1.62 bits per heavy atom. The molecule has 7 nitrogen and oxygen atoms in total. The van der Waals surface area contributed by atoms with E-state index in [1.165, 1.54) is 23.1 Å². The predicted octanol–water partition coefficient (Wildman–Crippen LogP) is 5.83. The van der Waals surface area contributed by atoms with Crippen molar-refractivity contribution in [3.05, 3.63) is 94.0 Å². The summed E-state index contributed by atoms with van der Waals surface area (Å²) in [5.41, 5.74) is 1.75. The Labute approximate surface area is 240 Å². The minimum Gasteiger partial charge on any atom is -0.352 e. The highest BCUT2D eigenvalue weighted by Crippen LogP contribution is 2.27. The molecule has 0 aromatic heterocycles. The van der Waals surface area contributed by atoms with Gasteiger partial charge in [-0.15, -0.1) is 0 Å². The molecule has 0 aliphatic rings. The van der Waals surface area contributed by atoms with Crippen molar-refractivity contribution in [2.24, 2.45) is 0 Å². The first kappa shape index (κ1) is 30.5. The molecule has 208 valence electrons. The number of hydrogen-bond acceptors (Lipinski definition) is 4. The van der Waals surface area contributed by atoms with Crippen molar-refractivity contribution in [1.29, 1.82) is 0 Å². The van der Waals surface area contributed by atoms with E-state index >= 15 is 0 Å². The summed E-state index contributed by atoms with van der Waals surface area (Å²) in [6, 6.07) is 18.7. The lowest BCUT2D eigenvalue weighted by Gasteiger charge is -2.32. The molecule has 0 saturated carbocycles. The van der Waals surface area contributed by atoms with Crippen molar-refractivity contribution in [3.8, 4) is 0 Å². The van der Waals surface area contributed by atoms with Gasteiger partial charge in [-0.05, 0) is 69.2 Å². The van der Waals surface area contributed by atoms with Crippen LogP contribution in [0.15, 0.2) is 77.7 Å². The van der Waals surface area contributed by atoms with E-state index in [-0.39, 0.29) is 29.1 Å². The molecule has 0 aliphatic heterocycles. The van der Waals surface area contributed by atoms with Gasteiger partial charge < -0.3 is 10.2 Å². The summed E-state index contributed by atoms with van der Waals surface area (Å²) in [6.07, 6.45) is 0.717. The topological polar surface area (TPSA) is 86.8 Å². The molecular formula is C29H33Cl2N3O4S. The highest BCUT2D eigenvalue weighted by Gasteiger charge is 2.33. The number of carbonyl (C=O) groups excluding carboxylic acids is 2. The Kier molecular flexibility index (Phi) is 10.4. The van der Waals surface area contributed by atoms with Crippen molar-refractivity contribution in [1.82, 2.24) is 10.2 Å². The largest absolute Gasteiger partial charge is 0.352 e. The van der Waals surface area contributed by atoms with Gasteiger partial charge >= 0.3 is 0 Å². The molecule has 0 spiro atoms. The number of nitrogens with one attached hydrogen (secondary N) is 1. The normalized spacial score (nSPS) is 12.9. The van der Waals surface area contributed by atoms with Crippen molar-refractivity contribution in [2.75, 3.05) is 10.8 Å². The van der Waals surface area contributed by atoms with Gasteiger partial charge in [0, 0.05) is 22.6 Å². The van der Waals surface area contributed by atoms with E-state index in [2.05, 4.69) is 5.32 Å². The zero-order valence-electron chi connectivity index (χ0n) is 22.4. The molecule has 0 heterocycles. The van der Waals surface area contributed by atoms with Gasteiger partial charge in [-0.25, -0.2) is 8.42 Å². The van der Waals surface area contributed by atoms with E-state index in [1.54, 1.807) is 61.5 Å². The third kappa shape index (κ3) is 7.75. The van der Waals surface area contributed by atoms with E-state index in [1.807, 2.05) is 20.8 Å². The van der Waals surface area contributed by atoms with Crippen molar-refractivity contribution >= 4 is 50.7 Å². The molecular weight excluding hydrogens is 557 g/mol. The zero-order chi connectivity index (χ0) is 28.7. The van der Waals surface area contributed by atoms with E-state index in [4.69, 9.17) is 23.2 Å². The van der Waals surface area contributed by atoms with Gasteiger partial charge in [-0.1, -0.05) is 72.1 Å². The minimum atomic E-state index is -4.17. The Hall–Kier alpha value is -3.07. The molecule has 2 amide bonds. The van der Waals surface area contributed by atoms with E-state index in [0.29, 0.717) is 22.0 Å². The van der Waals surface area contributed by atoms with E-state index in [9.17, 15) is 18.0 Å². The number of amides is 2. The van der Waals surface area contributed by atoms with Crippen LogP contribution in [-0.4, -0.2) is 43.8 Å². The van der Waals surface area contributed by atoms with E-state index in [0.717, 1.165) is 9.87 Å². The number of benzene rings is 3. The fourth-order valence-corrected chi connectivity index (χ4v) is 5.64. The summed E-state index contributed by atoms with van der Waals surface area (Å²) in [7, 11) is -4.17. The van der Waals surface area contributed by atoms with Crippen LogP contribution in [0.25, 0.3) is 0 Å². The van der Waals surface area contributed by atoms with Crippen LogP contribution in [-0.2, 0) is 26.2 Å². The van der Waals surface area contributed by atoms with Crippen LogP contribution < -0.4 is 9.62 Å². The van der Waals surface area contributed by atoms with Gasteiger partial charge in [0.1, 0.15) is 12.6 Å². The summed E-state index contributed by atoms with van der Waals surface area (Å²) < 4.78 is 28.7. The first-order valence-corrected chi connectivity index (χ1v) is 14.8. The average Bonchev–Trinajstić information content (AvgIpc) is 2.90. The minimum absolute atomic E-state index is 0.0154.